The van der Waals surface area contributed by atoms with E-state index >= 15 is 0 Å². The van der Waals surface area contributed by atoms with Gasteiger partial charge in [0.2, 0.25) is 0 Å². The van der Waals surface area contributed by atoms with Crippen molar-refractivity contribution in [3.63, 3.8) is 0 Å². The van der Waals surface area contributed by atoms with Crippen molar-refractivity contribution in [2.75, 3.05) is 6.54 Å². The largest absolute Gasteiger partial charge is 0.228 e. The molecule has 0 radical (unpaired) electrons. The SMILES string of the molecule is CC1=[N+](Cc2ccccc2)CCc2cc(Cl)cc(Cl)c21. The molecule has 3 heteroatoms. The first-order valence-corrected chi connectivity index (χ1v) is 7.51. The third-order valence-electron chi connectivity index (χ3n) is 3.84. The molecule has 1 aliphatic rings. The summed E-state index contributed by atoms with van der Waals surface area (Å²) in [4.78, 5) is 0. The third-order valence-corrected chi connectivity index (χ3v) is 4.36. The molecule has 0 amide bonds. The van der Waals surface area contributed by atoms with Crippen molar-refractivity contribution < 1.29 is 4.58 Å². The molecular formula is C17H16Cl2N+. The van der Waals surface area contributed by atoms with Gasteiger partial charge >= 0.3 is 0 Å². The number of hydrogen-bond acceptors (Lipinski definition) is 0. The normalized spacial score (nSPS) is 14.3. The smallest absolute Gasteiger partial charge is 0.182 e. The number of rotatable bonds is 2. The summed E-state index contributed by atoms with van der Waals surface area (Å²) in [5.74, 6) is 0. The Bertz CT molecular complexity index is 675. The molecule has 0 unspecified atom stereocenters. The maximum atomic E-state index is 6.38. The van der Waals surface area contributed by atoms with Crippen molar-refractivity contribution in [2.24, 2.45) is 0 Å². The lowest BCUT2D eigenvalue weighted by Gasteiger charge is -2.18. The van der Waals surface area contributed by atoms with E-state index in [1.807, 2.05) is 18.2 Å². The highest BCUT2D eigenvalue weighted by Crippen LogP contribution is 2.28. The Hall–Kier alpha value is -1.31. The first-order chi connectivity index (χ1) is 9.65. The van der Waals surface area contributed by atoms with Crippen LogP contribution >= 0.6 is 23.2 Å². The van der Waals surface area contributed by atoms with Crippen molar-refractivity contribution >= 4 is 28.9 Å². The van der Waals surface area contributed by atoms with Crippen molar-refractivity contribution in [2.45, 2.75) is 19.9 Å². The summed E-state index contributed by atoms with van der Waals surface area (Å²) in [7, 11) is 0. The zero-order valence-corrected chi connectivity index (χ0v) is 12.9. The maximum absolute atomic E-state index is 6.38. The summed E-state index contributed by atoms with van der Waals surface area (Å²) in [5.41, 5.74) is 4.96. The maximum Gasteiger partial charge on any atom is 0.182 e. The summed E-state index contributed by atoms with van der Waals surface area (Å²) in [6.45, 7) is 4.07. The zero-order chi connectivity index (χ0) is 14.1. The van der Waals surface area contributed by atoms with E-state index < -0.39 is 0 Å². The molecular weight excluding hydrogens is 289 g/mol. The number of halogens is 2. The van der Waals surface area contributed by atoms with Crippen LogP contribution in [-0.4, -0.2) is 16.8 Å². The van der Waals surface area contributed by atoms with Gasteiger partial charge in [-0.05, 0) is 17.7 Å². The molecule has 0 atom stereocenters. The standard InChI is InChI=1S/C17H16Cl2N/c1-12-17-14(9-15(18)10-16(17)19)7-8-20(12)11-13-5-3-2-4-6-13/h2-6,9-10H,7-8,11H2,1H3/q+1. The highest BCUT2D eigenvalue weighted by Gasteiger charge is 2.25. The molecule has 2 aromatic carbocycles. The molecule has 0 spiro atoms. The highest BCUT2D eigenvalue weighted by molar-refractivity contribution is 6.37. The van der Waals surface area contributed by atoms with Crippen LogP contribution in [0.15, 0.2) is 42.5 Å². The van der Waals surface area contributed by atoms with Crippen molar-refractivity contribution in [1.82, 2.24) is 0 Å². The van der Waals surface area contributed by atoms with Gasteiger partial charge in [0, 0.05) is 23.9 Å². The lowest BCUT2D eigenvalue weighted by atomic mass is 9.97. The Morgan fingerprint density at radius 3 is 2.60 bits per heavy atom. The molecule has 0 saturated carbocycles. The van der Waals surface area contributed by atoms with Crippen LogP contribution in [0, 0.1) is 0 Å². The van der Waals surface area contributed by atoms with Crippen LogP contribution in [0.5, 0.6) is 0 Å². The average molecular weight is 305 g/mol. The first kappa shape index (κ1) is 13.7. The second-order valence-electron chi connectivity index (χ2n) is 5.16. The van der Waals surface area contributed by atoms with Gasteiger partial charge in [-0.2, -0.15) is 0 Å². The molecule has 0 aromatic heterocycles. The van der Waals surface area contributed by atoms with E-state index in [1.54, 1.807) is 0 Å². The van der Waals surface area contributed by atoms with Gasteiger partial charge in [-0.1, -0.05) is 53.5 Å². The Morgan fingerprint density at radius 1 is 1.10 bits per heavy atom. The molecule has 20 heavy (non-hydrogen) atoms. The second-order valence-corrected chi connectivity index (χ2v) is 6.01. The Labute approximate surface area is 129 Å². The summed E-state index contributed by atoms with van der Waals surface area (Å²) >= 11 is 12.5. The topological polar surface area (TPSA) is 3.01 Å². The lowest BCUT2D eigenvalue weighted by Crippen LogP contribution is -2.28. The molecule has 0 saturated heterocycles. The van der Waals surface area contributed by atoms with Gasteiger partial charge in [-0.15, -0.1) is 0 Å². The minimum Gasteiger partial charge on any atom is -0.228 e. The van der Waals surface area contributed by atoms with Crippen LogP contribution in [0.4, 0.5) is 0 Å². The molecule has 2 aromatic rings. The van der Waals surface area contributed by atoms with Crippen molar-refractivity contribution in [3.05, 3.63) is 69.2 Å². The van der Waals surface area contributed by atoms with E-state index in [4.69, 9.17) is 23.2 Å². The molecule has 102 valence electrons. The highest BCUT2D eigenvalue weighted by atomic mass is 35.5. The predicted octanol–water partition coefficient (Wildman–Crippen LogP) is 4.57. The molecule has 0 N–H and O–H groups in total. The molecule has 1 aliphatic heterocycles. The molecule has 0 aliphatic carbocycles. The van der Waals surface area contributed by atoms with E-state index in [0.29, 0.717) is 0 Å². The van der Waals surface area contributed by atoms with Gasteiger partial charge in [0.1, 0.15) is 6.54 Å². The van der Waals surface area contributed by atoms with Crippen LogP contribution in [0.2, 0.25) is 10.0 Å². The van der Waals surface area contributed by atoms with E-state index in [-0.39, 0.29) is 0 Å². The van der Waals surface area contributed by atoms with E-state index in [1.165, 1.54) is 16.8 Å². The monoisotopic (exact) mass is 304 g/mol. The molecule has 0 bridgehead atoms. The third kappa shape index (κ3) is 2.61. The van der Waals surface area contributed by atoms with Crippen LogP contribution < -0.4 is 0 Å². The number of benzene rings is 2. The Balaban J connectivity index is 2.01. The van der Waals surface area contributed by atoms with Crippen LogP contribution in [0.3, 0.4) is 0 Å². The van der Waals surface area contributed by atoms with E-state index in [9.17, 15) is 0 Å². The summed E-state index contributed by atoms with van der Waals surface area (Å²) in [5, 5.41) is 1.47. The van der Waals surface area contributed by atoms with E-state index in [2.05, 4.69) is 35.8 Å². The molecule has 3 rings (SSSR count). The fraction of sp³-hybridized carbons (Fsp3) is 0.235. The number of fused-ring (bicyclic) bond motifs is 1. The Kier molecular flexibility index (Phi) is 3.82. The summed E-state index contributed by atoms with van der Waals surface area (Å²) < 4.78 is 2.39. The first-order valence-electron chi connectivity index (χ1n) is 6.76. The number of nitrogens with zero attached hydrogens (tertiary/aromatic N) is 1. The predicted molar refractivity (Wildman–Crippen MR) is 85.2 cm³/mol. The lowest BCUT2D eigenvalue weighted by molar-refractivity contribution is -0.545. The van der Waals surface area contributed by atoms with Crippen molar-refractivity contribution in [3.8, 4) is 0 Å². The van der Waals surface area contributed by atoms with Gasteiger partial charge < -0.3 is 0 Å². The van der Waals surface area contributed by atoms with Gasteiger partial charge in [0.15, 0.2) is 12.3 Å². The van der Waals surface area contributed by atoms with Crippen LogP contribution in [-0.2, 0) is 13.0 Å². The second kappa shape index (κ2) is 5.59. The molecule has 1 nitrogen and oxygen atoms in total. The van der Waals surface area contributed by atoms with Gasteiger partial charge in [0.25, 0.3) is 0 Å². The zero-order valence-electron chi connectivity index (χ0n) is 11.4. The minimum absolute atomic E-state index is 0.720. The number of hydrogen-bond donors (Lipinski definition) is 0. The van der Waals surface area contributed by atoms with Gasteiger partial charge in [0.05, 0.1) is 10.6 Å². The fourth-order valence-electron chi connectivity index (χ4n) is 2.81. The fourth-order valence-corrected chi connectivity index (χ4v) is 3.48. The average Bonchev–Trinajstić information content (AvgIpc) is 2.42. The van der Waals surface area contributed by atoms with Crippen LogP contribution in [0.25, 0.3) is 0 Å². The van der Waals surface area contributed by atoms with Crippen molar-refractivity contribution in [1.29, 1.82) is 0 Å². The van der Waals surface area contributed by atoms with Crippen LogP contribution in [0.1, 0.15) is 23.6 Å². The quantitative estimate of drug-likeness (QED) is 0.715. The van der Waals surface area contributed by atoms with Gasteiger partial charge in [-0.25, -0.2) is 4.58 Å². The van der Waals surface area contributed by atoms with Gasteiger partial charge in [-0.3, -0.25) is 0 Å². The minimum atomic E-state index is 0.720. The molecule has 0 fully saturated rings. The summed E-state index contributed by atoms with van der Waals surface area (Å²) in [6, 6.07) is 14.4. The Morgan fingerprint density at radius 2 is 1.85 bits per heavy atom. The van der Waals surface area contributed by atoms with E-state index in [0.717, 1.165) is 35.1 Å². The molecule has 1 heterocycles. The summed E-state index contributed by atoms with van der Waals surface area (Å²) in [6.07, 6.45) is 0.986.